The zero-order chi connectivity index (χ0) is 12.4. The van der Waals surface area contributed by atoms with Crippen molar-refractivity contribution in [1.82, 2.24) is 15.0 Å². The summed E-state index contributed by atoms with van der Waals surface area (Å²) in [4.78, 5) is 11.8. The Labute approximate surface area is 108 Å². The predicted molar refractivity (Wildman–Crippen MR) is 64.7 cm³/mol. The van der Waals surface area contributed by atoms with E-state index in [0.717, 1.165) is 0 Å². The minimum Gasteiger partial charge on any atom is -0.243 e. The Morgan fingerprint density at radius 2 is 2.00 bits per heavy atom. The van der Waals surface area contributed by atoms with Crippen LogP contribution in [0.25, 0.3) is 11.1 Å². The van der Waals surface area contributed by atoms with Gasteiger partial charge in [-0.1, -0.05) is 23.2 Å². The Bertz CT molecular complexity index is 619. The molecule has 0 fully saturated rings. The quantitative estimate of drug-likeness (QED) is 0.743. The van der Waals surface area contributed by atoms with Crippen LogP contribution in [0.2, 0.25) is 10.2 Å². The third-order valence-electron chi connectivity index (χ3n) is 2.26. The smallest absolute Gasteiger partial charge is 0.151 e. The second kappa shape index (κ2) is 4.66. The zero-order valence-corrected chi connectivity index (χ0v) is 10.3. The minimum absolute atomic E-state index is 0.191. The Morgan fingerprint density at radius 1 is 1.24 bits per heavy atom. The monoisotopic (exact) mass is 264 g/mol. The van der Waals surface area contributed by atoms with E-state index in [1.807, 2.05) is 6.07 Å². The molecule has 0 bridgehead atoms. The van der Waals surface area contributed by atoms with Crippen LogP contribution in [0, 0.1) is 18.3 Å². The van der Waals surface area contributed by atoms with Crippen LogP contribution in [0.4, 0.5) is 0 Å². The van der Waals surface area contributed by atoms with Gasteiger partial charge in [0.15, 0.2) is 5.69 Å². The molecule has 84 valence electrons. The number of hydrogen-bond donors (Lipinski definition) is 0. The van der Waals surface area contributed by atoms with Crippen LogP contribution in [0.3, 0.4) is 0 Å². The maximum Gasteiger partial charge on any atom is 0.151 e. The molecule has 17 heavy (non-hydrogen) atoms. The minimum atomic E-state index is 0.191. The van der Waals surface area contributed by atoms with Crippen LogP contribution >= 0.6 is 23.2 Å². The number of hydrogen-bond acceptors (Lipinski definition) is 4. The number of rotatable bonds is 1. The average molecular weight is 265 g/mol. The van der Waals surface area contributed by atoms with E-state index in [4.69, 9.17) is 28.5 Å². The van der Waals surface area contributed by atoms with E-state index >= 15 is 0 Å². The molecule has 0 aromatic carbocycles. The van der Waals surface area contributed by atoms with Crippen LogP contribution in [0.5, 0.6) is 0 Å². The molecule has 2 aromatic heterocycles. The molecular formula is C11H6Cl2N4. The number of halogens is 2. The Morgan fingerprint density at radius 3 is 2.71 bits per heavy atom. The van der Waals surface area contributed by atoms with Crippen molar-refractivity contribution < 1.29 is 0 Å². The summed E-state index contributed by atoms with van der Waals surface area (Å²) >= 11 is 11.9. The van der Waals surface area contributed by atoms with Gasteiger partial charge in [0, 0.05) is 23.0 Å². The molecule has 0 saturated heterocycles. The van der Waals surface area contributed by atoms with Gasteiger partial charge in [-0.05, 0) is 13.0 Å². The first-order chi connectivity index (χ1) is 8.15. The second-order valence-electron chi connectivity index (χ2n) is 3.26. The SMILES string of the molecule is Cc1ncnc(C#N)c1-c1ccnc(Cl)c1Cl. The number of aryl methyl sites for hydroxylation is 1. The van der Waals surface area contributed by atoms with E-state index in [-0.39, 0.29) is 10.8 Å². The van der Waals surface area contributed by atoms with Gasteiger partial charge in [-0.15, -0.1) is 0 Å². The summed E-state index contributed by atoms with van der Waals surface area (Å²) in [7, 11) is 0. The largest absolute Gasteiger partial charge is 0.243 e. The van der Waals surface area contributed by atoms with Gasteiger partial charge in [-0.2, -0.15) is 5.26 Å². The van der Waals surface area contributed by atoms with Crippen molar-refractivity contribution in [3.05, 3.63) is 40.2 Å². The molecule has 0 aliphatic carbocycles. The summed E-state index contributed by atoms with van der Waals surface area (Å²) in [5.74, 6) is 0. The lowest BCUT2D eigenvalue weighted by molar-refractivity contribution is 1.08. The van der Waals surface area contributed by atoms with Crippen LogP contribution in [-0.4, -0.2) is 15.0 Å². The van der Waals surface area contributed by atoms with Crippen molar-refractivity contribution in [2.45, 2.75) is 6.92 Å². The standard InChI is InChI=1S/C11H6Cl2N4/c1-6-9(8(4-14)17-5-16-6)7-2-3-15-11(13)10(7)12/h2-3,5H,1H3. The third kappa shape index (κ3) is 2.07. The fraction of sp³-hybridized carbons (Fsp3) is 0.0909. The van der Waals surface area contributed by atoms with Crippen molar-refractivity contribution in [2.75, 3.05) is 0 Å². The van der Waals surface area contributed by atoms with E-state index in [2.05, 4.69) is 15.0 Å². The molecule has 2 aromatic rings. The van der Waals surface area contributed by atoms with Crippen LogP contribution in [0.1, 0.15) is 11.4 Å². The molecule has 2 heterocycles. The summed E-state index contributed by atoms with van der Waals surface area (Å²) in [6.07, 6.45) is 2.87. The first-order valence-corrected chi connectivity index (χ1v) is 5.42. The molecule has 0 aliphatic rings. The van der Waals surface area contributed by atoms with Gasteiger partial charge < -0.3 is 0 Å². The topological polar surface area (TPSA) is 62.5 Å². The zero-order valence-electron chi connectivity index (χ0n) is 8.78. The van der Waals surface area contributed by atoms with Crippen molar-refractivity contribution in [2.24, 2.45) is 0 Å². The highest BCUT2D eigenvalue weighted by molar-refractivity contribution is 6.43. The van der Waals surface area contributed by atoms with Crippen LogP contribution in [0.15, 0.2) is 18.6 Å². The van der Waals surface area contributed by atoms with E-state index in [1.54, 1.807) is 13.0 Å². The highest BCUT2D eigenvalue weighted by atomic mass is 35.5. The van der Waals surface area contributed by atoms with E-state index in [9.17, 15) is 0 Å². The lowest BCUT2D eigenvalue weighted by atomic mass is 10.0. The summed E-state index contributed by atoms with van der Waals surface area (Å²) < 4.78 is 0. The molecule has 0 N–H and O–H groups in total. The lowest BCUT2D eigenvalue weighted by Crippen LogP contribution is -1.96. The van der Waals surface area contributed by atoms with Crippen molar-refractivity contribution in [3.63, 3.8) is 0 Å². The van der Waals surface area contributed by atoms with Gasteiger partial charge >= 0.3 is 0 Å². The van der Waals surface area contributed by atoms with Gasteiger partial charge in [0.05, 0.1) is 5.02 Å². The average Bonchev–Trinajstić information content (AvgIpc) is 2.33. The molecule has 0 amide bonds. The summed E-state index contributed by atoms with van der Waals surface area (Å²) in [5.41, 5.74) is 2.13. The lowest BCUT2D eigenvalue weighted by Gasteiger charge is -2.08. The highest BCUT2D eigenvalue weighted by Crippen LogP contribution is 2.34. The Hall–Kier alpha value is -1.70. The number of pyridine rings is 1. The first kappa shape index (κ1) is 11.8. The third-order valence-corrected chi connectivity index (χ3v) is 3.02. The molecular weight excluding hydrogens is 259 g/mol. The first-order valence-electron chi connectivity index (χ1n) is 4.67. The molecule has 0 radical (unpaired) electrons. The highest BCUT2D eigenvalue weighted by Gasteiger charge is 2.15. The summed E-state index contributed by atoms with van der Waals surface area (Å²) in [6, 6.07) is 3.69. The predicted octanol–water partition coefficient (Wildman–Crippen LogP) is 3.03. The van der Waals surface area contributed by atoms with E-state index in [0.29, 0.717) is 21.8 Å². The van der Waals surface area contributed by atoms with Crippen molar-refractivity contribution in [3.8, 4) is 17.2 Å². The molecule has 0 spiro atoms. The fourth-order valence-electron chi connectivity index (χ4n) is 1.49. The van der Waals surface area contributed by atoms with Crippen LogP contribution < -0.4 is 0 Å². The molecule has 0 atom stereocenters. The van der Waals surface area contributed by atoms with E-state index in [1.165, 1.54) is 12.5 Å². The Kier molecular flexibility index (Phi) is 3.23. The number of nitrogens with zero attached hydrogens (tertiary/aromatic N) is 4. The molecule has 0 aliphatic heterocycles. The summed E-state index contributed by atoms with van der Waals surface area (Å²) in [6.45, 7) is 1.78. The maximum absolute atomic E-state index is 9.03. The normalized spacial score (nSPS) is 10.0. The van der Waals surface area contributed by atoms with Gasteiger partial charge in [0.2, 0.25) is 0 Å². The van der Waals surface area contributed by atoms with E-state index < -0.39 is 0 Å². The molecule has 6 heteroatoms. The van der Waals surface area contributed by atoms with Gasteiger partial charge in [-0.25, -0.2) is 15.0 Å². The fourth-order valence-corrected chi connectivity index (χ4v) is 1.86. The van der Waals surface area contributed by atoms with Gasteiger partial charge in [-0.3, -0.25) is 0 Å². The number of nitriles is 1. The molecule has 0 saturated carbocycles. The van der Waals surface area contributed by atoms with Crippen molar-refractivity contribution >= 4 is 23.2 Å². The number of aromatic nitrogens is 3. The summed E-state index contributed by atoms with van der Waals surface area (Å²) in [5, 5.41) is 9.52. The van der Waals surface area contributed by atoms with Gasteiger partial charge in [0.1, 0.15) is 17.5 Å². The Balaban J connectivity index is 2.78. The van der Waals surface area contributed by atoms with Crippen molar-refractivity contribution in [1.29, 1.82) is 5.26 Å². The van der Waals surface area contributed by atoms with Crippen LogP contribution in [-0.2, 0) is 0 Å². The van der Waals surface area contributed by atoms with Gasteiger partial charge in [0.25, 0.3) is 0 Å². The molecule has 0 unspecified atom stereocenters. The molecule has 2 rings (SSSR count). The maximum atomic E-state index is 9.03. The molecule has 4 nitrogen and oxygen atoms in total. The second-order valence-corrected chi connectivity index (χ2v) is 3.99.